The third-order valence-electron chi connectivity index (χ3n) is 3.05. The van der Waals surface area contributed by atoms with Crippen LogP contribution in [-0.2, 0) is 13.6 Å². The van der Waals surface area contributed by atoms with Crippen LogP contribution in [0, 0.1) is 6.92 Å². The van der Waals surface area contributed by atoms with Crippen LogP contribution in [-0.4, -0.2) is 14.8 Å². The molecule has 2 aromatic rings. The van der Waals surface area contributed by atoms with E-state index in [1.165, 1.54) is 0 Å². The first-order valence-electron chi connectivity index (χ1n) is 5.79. The van der Waals surface area contributed by atoms with Gasteiger partial charge in [0.15, 0.2) is 0 Å². The first kappa shape index (κ1) is 13.8. The lowest BCUT2D eigenvalue weighted by molar-refractivity contribution is 0.738. The highest BCUT2D eigenvalue weighted by Gasteiger charge is 2.08. The maximum absolute atomic E-state index is 5.95. The van der Waals surface area contributed by atoms with Crippen LogP contribution >= 0.6 is 23.8 Å². The molecule has 0 bridgehead atoms. The second-order valence-corrected chi connectivity index (χ2v) is 5.16. The quantitative estimate of drug-likeness (QED) is 0.851. The van der Waals surface area contributed by atoms with Crippen LogP contribution < -0.4 is 11.1 Å². The Balaban J connectivity index is 2.20. The first-order chi connectivity index (χ1) is 8.99. The van der Waals surface area contributed by atoms with Crippen molar-refractivity contribution in [3.05, 3.63) is 46.2 Å². The molecule has 0 aliphatic carbocycles. The highest BCUT2D eigenvalue weighted by Crippen LogP contribution is 2.21. The Morgan fingerprint density at radius 3 is 2.84 bits per heavy atom. The number of benzene rings is 1. The molecular formula is C13H15ClN4S. The molecule has 100 valence electrons. The molecular weight excluding hydrogens is 280 g/mol. The van der Waals surface area contributed by atoms with Crippen molar-refractivity contribution in [3.8, 4) is 0 Å². The van der Waals surface area contributed by atoms with Gasteiger partial charge in [0.1, 0.15) is 4.99 Å². The molecule has 0 fully saturated rings. The molecule has 19 heavy (non-hydrogen) atoms. The molecule has 0 saturated carbocycles. The number of hydrogen-bond donors (Lipinski definition) is 2. The summed E-state index contributed by atoms with van der Waals surface area (Å²) in [5.41, 5.74) is 9.59. The minimum Gasteiger partial charge on any atom is -0.389 e. The van der Waals surface area contributed by atoms with Gasteiger partial charge in [0, 0.05) is 41.1 Å². The third kappa shape index (κ3) is 3.05. The van der Waals surface area contributed by atoms with Crippen LogP contribution in [0.1, 0.15) is 16.8 Å². The van der Waals surface area contributed by atoms with E-state index in [0.29, 0.717) is 16.6 Å². The van der Waals surface area contributed by atoms with Crippen molar-refractivity contribution < 1.29 is 0 Å². The summed E-state index contributed by atoms with van der Waals surface area (Å²) in [5.74, 6) is 0. The summed E-state index contributed by atoms with van der Waals surface area (Å²) in [6.07, 6.45) is 1.85. The normalized spacial score (nSPS) is 10.5. The summed E-state index contributed by atoms with van der Waals surface area (Å²) in [7, 11) is 1.92. The molecule has 6 heteroatoms. The summed E-state index contributed by atoms with van der Waals surface area (Å²) in [6.45, 7) is 2.69. The van der Waals surface area contributed by atoms with E-state index in [2.05, 4.69) is 10.4 Å². The fourth-order valence-corrected chi connectivity index (χ4v) is 2.12. The van der Waals surface area contributed by atoms with Crippen LogP contribution in [0.25, 0.3) is 0 Å². The van der Waals surface area contributed by atoms with Gasteiger partial charge in [0.05, 0.1) is 6.20 Å². The maximum Gasteiger partial charge on any atom is 0.106 e. The van der Waals surface area contributed by atoms with Crippen molar-refractivity contribution in [2.75, 3.05) is 5.32 Å². The molecule has 0 atom stereocenters. The second-order valence-electron chi connectivity index (χ2n) is 4.29. The van der Waals surface area contributed by atoms with Crippen LogP contribution in [0.15, 0.2) is 24.4 Å². The number of aryl methyl sites for hydroxylation is 1. The van der Waals surface area contributed by atoms with E-state index >= 15 is 0 Å². The second kappa shape index (κ2) is 5.59. The molecule has 0 aliphatic heterocycles. The van der Waals surface area contributed by atoms with Gasteiger partial charge in [0.25, 0.3) is 0 Å². The predicted octanol–water partition coefficient (Wildman–Crippen LogP) is 2.63. The zero-order valence-electron chi connectivity index (χ0n) is 10.8. The van der Waals surface area contributed by atoms with Gasteiger partial charge in [-0.05, 0) is 25.1 Å². The van der Waals surface area contributed by atoms with Gasteiger partial charge in [0.2, 0.25) is 0 Å². The summed E-state index contributed by atoms with van der Waals surface area (Å²) in [6, 6.07) is 5.45. The molecule has 0 amide bonds. The number of aromatic nitrogens is 2. The molecule has 2 rings (SSSR count). The Morgan fingerprint density at radius 1 is 1.53 bits per heavy atom. The monoisotopic (exact) mass is 294 g/mol. The number of nitrogens with zero attached hydrogens (tertiary/aromatic N) is 2. The van der Waals surface area contributed by atoms with Crippen LogP contribution in [0.2, 0.25) is 5.02 Å². The van der Waals surface area contributed by atoms with Gasteiger partial charge in [-0.2, -0.15) is 5.10 Å². The van der Waals surface area contributed by atoms with Gasteiger partial charge in [-0.3, -0.25) is 4.68 Å². The van der Waals surface area contributed by atoms with E-state index in [4.69, 9.17) is 29.6 Å². The first-order valence-corrected chi connectivity index (χ1v) is 6.58. The highest BCUT2D eigenvalue weighted by atomic mass is 35.5. The largest absolute Gasteiger partial charge is 0.389 e. The van der Waals surface area contributed by atoms with Gasteiger partial charge in [-0.15, -0.1) is 0 Å². The maximum atomic E-state index is 5.95. The van der Waals surface area contributed by atoms with E-state index in [1.54, 1.807) is 6.07 Å². The van der Waals surface area contributed by atoms with Crippen LogP contribution in [0.5, 0.6) is 0 Å². The molecule has 0 spiro atoms. The topological polar surface area (TPSA) is 55.9 Å². The molecule has 1 aromatic carbocycles. The Hall–Kier alpha value is -1.59. The smallest absolute Gasteiger partial charge is 0.106 e. The van der Waals surface area contributed by atoms with Crippen LogP contribution in [0.4, 0.5) is 5.69 Å². The molecule has 1 aromatic heterocycles. The average molecular weight is 295 g/mol. The number of anilines is 1. The van der Waals surface area contributed by atoms with E-state index in [0.717, 1.165) is 22.5 Å². The zero-order valence-corrected chi connectivity index (χ0v) is 12.3. The molecule has 1 heterocycles. The lowest BCUT2D eigenvalue weighted by Gasteiger charge is -2.11. The summed E-state index contributed by atoms with van der Waals surface area (Å²) < 4.78 is 1.84. The van der Waals surface area contributed by atoms with E-state index in [9.17, 15) is 0 Å². The van der Waals surface area contributed by atoms with Crippen molar-refractivity contribution in [3.63, 3.8) is 0 Å². The lowest BCUT2D eigenvalue weighted by atomic mass is 10.1. The van der Waals surface area contributed by atoms with Gasteiger partial charge >= 0.3 is 0 Å². The Morgan fingerprint density at radius 2 is 2.26 bits per heavy atom. The molecule has 0 aliphatic rings. The van der Waals surface area contributed by atoms with E-state index in [-0.39, 0.29) is 0 Å². The SMILES string of the molecule is Cc1c(CNc2ccc(Cl)cc2C(N)=S)cnn1C. The van der Waals surface area contributed by atoms with Gasteiger partial charge in [-0.25, -0.2) is 0 Å². The van der Waals surface area contributed by atoms with Crippen molar-refractivity contribution in [1.82, 2.24) is 9.78 Å². The van der Waals surface area contributed by atoms with Crippen LogP contribution in [0.3, 0.4) is 0 Å². The predicted molar refractivity (Wildman–Crippen MR) is 82.6 cm³/mol. The van der Waals surface area contributed by atoms with E-state index in [1.807, 2.05) is 37.0 Å². The molecule has 0 radical (unpaired) electrons. The molecule has 0 unspecified atom stereocenters. The van der Waals surface area contributed by atoms with Crippen molar-refractivity contribution in [2.45, 2.75) is 13.5 Å². The standard InChI is InChI=1S/C13H15ClN4S/c1-8-9(7-17-18(8)2)6-16-12-4-3-10(14)5-11(12)13(15)19/h3-5,7,16H,6H2,1-2H3,(H2,15,19). The number of nitrogens with two attached hydrogens (primary N) is 1. The van der Waals surface area contributed by atoms with Gasteiger partial charge < -0.3 is 11.1 Å². The molecule has 3 N–H and O–H groups in total. The van der Waals surface area contributed by atoms with Crippen molar-refractivity contribution in [2.24, 2.45) is 12.8 Å². The zero-order chi connectivity index (χ0) is 14.0. The summed E-state index contributed by atoms with van der Waals surface area (Å²) >= 11 is 11.0. The summed E-state index contributed by atoms with van der Waals surface area (Å²) in [4.78, 5) is 0.327. The lowest BCUT2D eigenvalue weighted by Crippen LogP contribution is -2.13. The Labute approximate surface area is 122 Å². The highest BCUT2D eigenvalue weighted by molar-refractivity contribution is 7.80. The number of halogens is 1. The van der Waals surface area contributed by atoms with E-state index < -0.39 is 0 Å². The third-order valence-corrected chi connectivity index (χ3v) is 3.51. The number of nitrogens with one attached hydrogen (secondary N) is 1. The molecule has 0 saturated heterocycles. The fraction of sp³-hybridized carbons (Fsp3) is 0.231. The Bertz CT molecular complexity index is 621. The minimum atomic E-state index is 0.327. The number of rotatable bonds is 4. The number of hydrogen-bond acceptors (Lipinski definition) is 3. The minimum absolute atomic E-state index is 0.327. The molecule has 4 nitrogen and oxygen atoms in total. The fourth-order valence-electron chi connectivity index (χ4n) is 1.78. The Kier molecular flexibility index (Phi) is 4.07. The number of thiocarbonyl (C=S) groups is 1. The summed E-state index contributed by atoms with van der Waals surface area (Å²) in [5, 5.41) is 8.13. The van der Waals surface area contributed by atoms with Gasteiger partial charge in [-0.1, -0.05) is 23.8 Å². The average Bonchev–Trinajstić information content (AvgIpc) is 2.68. The van der Waals surface area contributed by atoms with Crippen molar-refractivity contribution in [1.29, 1.82) is 0 Å². The van der Waals surface area contributed by atoms with Crippen molar-refractivity contribution >= 4 is 34.5 Å².